The first-order valence-corrected chi connectivity index (χ1v) is 8.16. The SMILES string of the molecule is CC(F)(F)C(OC(=O)C12CC3CC(CC(C(=O)O)(C3)C1)C2)C(F)(F)F. The lowest BCUT2D eigenvalue weighted by Gasteiger charge is -2.59. The van der Waals surface area contributed by atoms with Gasteiger partial charge in [0.2, 0.25) is 0 Å². The second kappa shape index (κ2) is 5.30. The lowest BCUT2D eigenvalue weighted by atomic mass is 9.44. The molecular formula is C16H19F5O4. The highest BCUT2D eigenvalue weighted by molar-refractivity contribution is 5.82. The zero-order chi connectivity index (χ0) is 18.8. The molecule has 25 heavy (non-hydrogen) atoms. The summed E-state index contributed by atoms with van der Waals surface area (Å²) in [5.74, 6) is -6.89. The molecule has 0 heterocycles. The van der Waals surface area contributed by atoms with Gasteiger partial charge in [0.15, 0.2) is 0 Å². The molecule has 9 heteroatoms. The van der Waals surface area contributed by atoms with E-state index in [0.29, 0.717) is 12.8 Å². The van der Waals surface area contributed by atoms with Gasteiger partial charge in [0, 0.05) is 6.92 Å². The number of rotatable bonds is 4. The van der Waals surface area contributed by atoms with E-state index in [1.165, 1.54) is 0 Å². The molecule has 4 bridgehead atoms. The van der Waals surface area contributed by atoms with Crippen molar-refractivity contribution in [3.8, 4) is 0 Å². The minimum atomic E-state index is -5.40. The van der Waals surface area contributed by atoms with Crippen LogP contribution in [-0.2, 0) is 14.3 Å². The van der Waals surface area contributed by atoms with Gasteiger partial charge in [-0.1, -0.05) is 0 Å². The topological polar surface area (TPSA) is 63.6 Å². The van der Waals surface area contributed by atoms with Crippen molar-refractivity contribution >= 4 is 11.9 Å². The molecule has 0 aromatic heterocycles. The summed E-state index contributed by atoms with van der Waals surface area (Å²) in [5, 5.41) is 9.56. The largest absolute Gasteiger partial charge is 0.481 e. The number of halogens is 5. The van der Waals surface area contributed by atoms with Crippen LogP contribution in [0.5, 0.6) is 0 Å². The van der Waals surface area contributed by atoms with Crippen LogP contribution in [0.15, 0.2) is 0 Å². The maximum Gasteiger partial charge on any atom is 0.431 e. The number of ether oxygens (including phenoxy) is 1. The zero-order valence-corrected chi connectivity index (χ0v) is 13.5. The average Bonchev–Trinajstić information content (AvgIpc) is 2.40. The number of hydrogen-bond donors (Lipinski definition) is 1. The van der Waals surface area contributed by atoms with Crippen LogP contribution >= 0.6 is 0 Å². The summed E-state index contributed by atoms with van der Waals surface area (Å²) in [6, 6.07) is 0. The van der Waals surface area contributed by atoms with Crippen molar-refractivity contribution in [3.63, 3.8) is 0 Å². The van der Waals surface area contributed by atoms with E-state index in [2.05, 4.69) is 4.74 Å². The van der Waals surface area contributed by atoms with Crippen LogP contribution in [0.25, 0.3) is 0 Å². The lowest BCUT2D eigenvalue weighted by Crippen LogP contribution is -2.59. The highest BCUT2D eigenvalue weighted by Crippen LogP contribution is 2.65. The van der Waals surface area contributed by atoms with Crippen molar-refractivity contribution in [3.05, 3.63) is 0 Å². The molecule has 4 aliphatic carbocycles. The van der Waals surface area contributed by atoms with Crippen LogP contribution in [0.2, 0.25) is 0 Å². The van der Waals surface area contributed by atoms with Crippen molar-refractivity contribution in [2.45, 2.75) is 63.7 Å². The summed E-state index contributed by atoms with van der Waals surface area (Å²) in [6.45, 7) is 0.0524. The van der Waals surface area contributed by atoms with E-state index in [4.69, 9.17) is 0 Å². The lowest BCUT2D eigenvalue weighted by molar-refractivity contribution is -0.280. The number of carboxylic acids is 1. The van der Waals surface area contributed by atoms with E-state index in [9.17, 15) is 36.6 Å². The Balaban J connectivity index is 1.88. The Labute approximate surface area is 140 Å². The summed E-state index contributed by atoms with van der Waals surface area (Å²) < 4.78 is 69.6. The average molecular weight is 370 g/mol. The van der Waals surface area contributed by atoms with Gasteiger partial charge in [0.25, 0.3) is 12.0 Å². The number of aliphatic carboxylic acids is 1. The van der Waals surface area contributed by atoms with Gasteiger partial charge in [-0.2, -0.15) is 13.2 Å². The molecule has 0 amide bonds. The molecule has 3 unspecified atom stereocenters. The van der Waals surface area contributed by atoms with Gasteiger partial charge < -0.3 is 9.84 Å². The van der Waals surface area contributed by atoms with E-state index in [1.54, 1.807) is 0 Å². The molecule has 3 atom stereocenters. The van der Waals surface area contributed by atoms with Crippen molar-refractivity contribution in [2.75, 3.05) is 0 Å². The van der Waals surface area contributed by atoms with Crippen molar-refractivity contribution in [1.82, 2.24) is 0 Å². The Hall–Kier alpha value is -1.41. The molecule has 0 spiro atoms. The fraction of sp³-hybridized carbons (Fsp3) is 0.875. The third-order valence-corrected chi connectivity index (χ3v) is 5.93. The van der Waals surface area contributed by atoms with E-state index in [-0.39, 0.29) is 38.0 Å². The number of esters is 1. The molecule has 142 valence electrons. The Morgan fingerprint density at radius 3 is 1.92 bits per heavy atom. The molecule has 4 saturated carbocycles. The molecule has 0 saturated heterocycles. The summed E-state index contributed by atoms with van der Waals surface area (Å²) in [6.07, 6.45) is -7.19. The van der Waals surface area contributed by atoms with Crippen molar-refractivity contribution in [2.24, 2.45) is 22.7 Å². The zero-order valence-electron chi connectivity index (χ0n) is 13.5. The summed E-state index contributed by atoms with van der Waals surface area (Å²) in [5.41, 5.74) is -2.57. The molecule has 0 aromatic carbocycles. The maximum absolute atomic E-state index is 13.3. The van der Waals surface area contributed by atoms with E-state index < -0.39 is 41.0 Å². The predicted octanol–water partition coefficient (Wildman–Crippen LogP) is 3.79. The van der Waals surface area contributed by atoms with Gasteiger partial charge in [-0.25, -0.2) is 8.78 Å². The molecule has 4 fully saturated rings. The monoisotopic (exact) mass is 370 g/mol. The molecule has 4 aliphatic rings. The number of alkyl halides is 5. The normalized spacial score (nSPS) is 38.5. The van der Waals surface area contributed by atoms with E-state index >= 15 is 0 Å². The first-order chi connectivity index (χ1) is 11.3. The van der Waals surface area contributed by atoms with Gasteiger partial charge in [-0.05, 0) is 50.4 Å². The van der Waals surface area contributed by atoms with Gasteiger partial charge in [-0.15, -0.1) is 0 Å². The minimum absolute atomic E-state index is 0.0524. The standard InChI is InChI=1S/C16H19F5O4/c1-13(17,18)10(16(19,20)21)25-12(24)15-5-8-2-9(6-15)4-14(3-8,7-15)11(22)23/h8-10H,2-7H2,1H3,(H,22,23). The highest BCUT2D eigenvalue weighted by Gasteiger charge is 2.65. The van der Waals surface area contributed by atoms with Crippen LogP contribution in [0.4, 0.5) is 22.0 Å². The second-order valence-electron chi connectivity index (χ2n) is 8.11. The Bertz CT molecular complexity index is 566. The number of carbonyl (C=O) groups is 2. The van der Waals surface area contributed by atoms with Crippen LogP contribution < -0.4 is 0 Å². The second-order valence-corrected chi connectivity index (χ2v) is 8.11. The van der Waals surface area contributed by atoms with Crippen molar-refractivity contribution < 1.29 is 41.4 Å². The molecule has 1 N–H and O–H groups in total. The van der Waals surface area contributed by atoms with Crippen LogP contribution in [0, 0.1) is 22.7 Å². The molecular weight excluding hydrogens is 351 g/mol. The van der Waals surface area contributed by atoms with Gasteiger partial charge in [-0.3, -0.25) is 9.59 Å². The van der Waals surface area contributed by atoms with Gasteiger partial charge in [0.1, 0.15) is 0 Å². The van der Waals surface area contributed by atoms with Crippen molar-refractivity contribution in [1.29, 1.82) is 0 Å². The molecule has 0 aromatic rings. The smallest absolute Gasteiger partial charge is 0.431 e. The predicted molar refractivity (Wildman–Crippen MR) is 73.7 cm³/mol. The molecule has 4 nitrogen and oxygen atoms in total. The van der Waals surface area contributed by atoms with Gasteiger partial charge in [0.05, 0.1) is 10.8 Å². The summed E-state index contributed by atoms with van der Waals surface area (Å²) in [7, 11) is 0. The third kappa shape index (κ3) is 2.99. The fourth-order valence-electron chi connectivity index (χ4n) is 5.44. The Morgan fingerprint density at radius 1 is 1.04 bits per heavy atom. The van der Waals surface area contributed by atoms with Crippen LogP contribution in [-0.4, -0.2) is 35.2 Å². The Kier molecular flexibility index (Phi) is 3.89. The van der Waals surface area contributed by atoms with E-state index in [0.717, 1.165) is 6.42 Å². The van der Waals surface area contributed by atoms with E-state index in [1.807, 2.05) is 0 Å². The quantitative estimate of drug-likeness (QED) is 0.604. The number of hydrogen-bond acceptors (Lipinski definition) is 3. The van der Waals surface area contributed by atoms with Gasteiger partial charge >= 0.3 is 18.1 Å². The number of carbonyl (C=O) groups excluding carboxylic acids is 1. The molecule has 0 radical (unpaired) electrons. The first kappa shape index (κ1) is 18.4. The highest BCUT2D eigenvalue weighted by atomic mass is 19.4. The molecule has 4 rings (SSSR count). The van der Waals surface area contributed by atoms with Crippen LogP contribution in [0.3, 0.4) is 0 Å². The summed E-state index contributed by atoms with van der Waals surface area (Å²) in [4.78, 5) is 24.2. The first-order valence-electron chi connectivity index (χ1n) is 8.16. The summed E-state index contributed by atoms with van der Waals surface area (Å²) >= 11 is 0. The number of carboxylic acid groups (broad SMARTS) is 1. The Morgan fingerprint density at radius 2 is 1.52 bits per heavy atom. The minimum Gasteiger partial charge on any atom is -0.481 e. The van der Waals surface area contributed by atoms with Crippen LogP contribution in [0.1, 0.15) is 45.4 Å². The molecule has 0 aliphatic heterocycles. The fourth-order valence-corrected chi connectivity index (χ4v) is 5.44. The third-order valence-electron chi connectivity index (χ3n) is 5.93. The maximum atomic E-state index is 13.3.